The van der Waals surface area contributed by atoms with E-state index in [9.17, 15) is 17.2 Å². The molecule has 1 aromatic rings. The van der Waals surface area contributed by atoms with Gasteiger partial charge in [-0.1, -0.05) is 19.9 Å². The third kappa shape index (κ3) is 3.20. The highest BCUT2D eigenvalue weighted by atomic mass is 32.2. The van der Waals surface area contributed by atoms with E-state index < -0.39 is 44.2 Å². The van der Waals surface area contributed by atoms with Crippen LogP contribution in [0.1, 0.15) is 32.3 Å². The molecule has 1 aromatic carbocycles. The zero-order valence-corrected chi connectivity index (χ0v) is 18.7. The van der Waals surface area contributed by atoms with Gasteiger partial charge in [0, 0.05) is 24.2 Å². The number of hydrogen-bond donors (Lipinski definition) is 2. The first kappa shape index (κ1) is 22.2. The van der Waals surface area contributed by atoms with E-state index in [1.807, 2.05) is 13.8 Å². The number of benzene rings is 1. The van der Waals surface area contributed by atoms with Gasteiger partial charge in [0.1, 0.15) is 11.6 Å². The molecule has 6 nitrogen and oxygen atoms in total. The second kappa shape index (κ2) is 7.28. The lowest BCUT2D eigenvalue weighted by Gasteiger charge is -2.47. The van der Waals surface area contributed by atoms with E-state index in [1.165, 1.54) is 22.7 Å². The number of fused-ring (bicyclic) bond motifs is 2. The Morgan fingerprint density at radius 1 is 1.29 bits per heavy atom. The molecule has 0 radical (unpaired) electrons. The molecule has 4 rings (SSSR count). The van der Waals surface area contributed by atoms with E-state index in [-0.39, 0.29) is 37.0 Å². The fraction of sp³-hybridized carbons (Fsp3) is 0.545. The van der Waals surface area contributed by atoms with Gasteiger partial charge in [0.25, 0.3) is 0 Å². The number of nitrogens with one attached hydrogen (secondary N) is 2. The SMILES string of the molecule is CC1(C)[C@H]2CC[C@]1([C@@H]1CN(S(C)(=O)=O)CCO1)C(=N)/C2=C\C(=N)c1c(F)cccc1F. The summed E-state index contributed by atoms with van der Waals surface area (Å²) >= 11 is 0. The van der Waals surface area contributed by atoms with Crippen LogP contribution >= 0.6 is 0 Å². The lowest BCUT2D eigenvalue weighted by Crippen LogP contribution is -2.56. The summed E-state index contributed by atoms with van der Waals surface area (Å²) < 4.78 is 60.1. The second-order valence-corrected chi connectivity index (χ2v) is 11.2. The van der Waals surface area contributed by atoms with Crippen LogP contribution in [0.2, 0.25) is 0 Å². The number of ether oxygens (including phenoxy) is 1. The molecule has 1 heterocycles. The summed E-state index contributed by atoms with van der Waals surface area (Å²) in [6, 6.07) is 3.47. The molecule has 3 aliphatic rings. The first-order chi connectivity index (χ1) is 14.4. The molecule has 1 aliphatic heterocycles. The summed E-state index contributed by atoms with van der Waals surface area (Å²) in [6.45, 7) is 4.78. The van der Waals surface area contributed by atoms with Crippen molar-refractivity contribution in [2.24, 2.45) is 16.7 Å². The van der Waals surface area contributed by atoms with Crippen LogP contribution in [-0.2, 0) is 14.8 Å². The Kier molecular flexibility index (Phi) is 5.22. The van der Waals surface area contributed by atoms with Crippen molar-refractivity contribution in [1.29, 1.82) is 10.8 Å². The van der Waals surface area contributed by atoms with Gasteiger partial charge in [0.15, 0.2) is 0 Å². The maximum Gasteiger partial charge on any atom is 0.211 e. The fourth-order valence-electron chi connectivity index (χ4n) is 5.91. The molecule has 168 valence electrons. The van der Waals surface area contributed by atoms with Crippen molar-refractivity contribution < 1.29 is 21.9 Å². The standard InChI is InChI=1S/C22H27F2N3O3S/c1-21(2)14-7-8-22(21,18-12-27(9-10-30-18)31(3,28)29)20(26)13(14)11-17(25)19-15(23)5-4-6-16(19)24/h4-6,11,14,18,25-26H,7-10,12H2,1-3H3/b13-11-,25-17?,26-20?/t14-,18-,22-/m0/s1. The Labute approximate surface area is 181 Å². The highest BCUT2D eigenvalue weighted by molar-refractivity contribution is 7.88. The predicted octanol–water partition coefficient (Wildman–Crippen LogP) is 3.38. The zero-order chi connectivity index (χ0) is 22.8. The molecule has 2 bridgehead atoms. The summed E-state index contributed by atoms with van der Waals surface area (Å²) in [7, 11) is -3.39. The molecule has 0 spiro atoms. The number of sulfonamides is 1. The van der Waals surface area contributed by atoms with E-state index in [1.54, 1.807) is 0 Å². The Hall–Kier alpha value is -1.97. The number of hydrogen-bond acceptors (Lipinski definition) is 5. The van der Waals surface area contributed by atoms with Crippen LogP contribution < -0.4 is 0 Å². The van der Waals surface area contributed by atoms with E-state index in [4.69, 9.17) is 15.6 Å². The van der Waals surface area contributed by atoms with Gasteiger partial charge in [0.2, 0.25) is 10.0 Å². The maximum absolute atomic E-state index is 14.2. The summed E-state index contributed by atoms with van der Waals surface area (Å²) in [5, 5.41) is 17.3. The number of allylic oxidation sites excluding steroid dienone is 2. The van der Waals surface area contributed by atoms with E-state index in [0.717, 1.165) is 18.6 Å². The molecule has 0 unspecified atom stereocenters. The van der Waals surface area contributed by atoms with Crippen molar-refractivity contribution in [2.75, 3.05) is 26.0 Å². The molecule has 0 aromatic heterocycles. The Bertz CT molecular complexity index is 1080. The molecule has 0 amide bonds. The van der Waals surface area contributed by atoms with E-state index in [0.29, 0.717) is 12.0 Å². The van der Waals surface area contributed by atoms with Gasteiger partial charge in [-0.3, -0.25) is 0 Å². The third-order valence-electron chi connectivity index (χ3n) is 7.54. The van der Waals surface area contributed by atoms with Crippen LogP contribution in [-0.4, -0.2) is 56.2 Å². The molecule has 2 aliphatic carbocycles. The van der Waals surface area contributed by atoms with Crippen LogP contribution in [0.3, 0.4) is 0 Å². The zero-order valence-electron chi connectivity index (χ0n) is 17.8. The molecule has 2 N–H and O–H groups in total. The van der Waals surface area contributed by atoms with Crippen molar-refractivity contribution in [3.63, 3.8) is 0 Å². The van der Waals surface area contributed by atoms with Gasteiger partial charge in [-0.25, -0.2) is 17.2 Å². The topological polar surface area (TPSA) is 94.3 Å². The molecule has 2 saturated carbocycles. The average molecular weight is 452 g/mol. The summed E-state index contributed by atoms with van der Waals surface area (Å²) in [6.07, 6.45) is 3.51. The molecule has 3 fully saturated rings. The molecule has 9 heteroatoms. The van der Waals surface area contributed by atoms with Gasteiger partial charge in [-0.05, 0) is 48.0 Å². The van der Waals surface area contributed by atoms with Gasteiger partial charge >= 0.3 is 0 Å². The van der Waals surface area contributed by atoms with Crippen molar-refractivity contribution in [3.8, 4) is 0 Å². The van der Waals surface area contributed by atoms with Crippen LogP contribution in [0.5, 0.6) is 0 Å². The number of rotatable bonds is 4. The minimum atomic E-state index is -3.39. The average Bonchev–Trinajstić information content (AvgIpc) is 3.03. The van der Waals surface area contributed by atoms with Crippen molar-refractivity contribution >= 4 is 21.4 Å². The van der Waals surface area contributed by atoms with Gasteiger partial charge in [0.05, 0.1) is 30.2 Å². The Morgan fingerprint density at radius 3 is 2.55 bits per heavy atom. The minimum Gasteiger partial charge on any atom is -0.374 e. The fourth-order valence-corrected chi connectivity index (χ4v) is 6.72. The van der Waals surface area contributed by atoms with E-state index in [2.05, 4.69) is 0 Å². The number of nitrogens with zero attached hydrogens (tertiary/aromatic N) is 1. The predicted molar refractivity (Wildman–Crippen MR) is 114 cm³/mol. The highest BCUT2D eigenvalue weighted by Crippen LogP contribution is 2.68. The summed E-state index contributed by atoms with van der Waals surface area (Å²) in [4.78, 5) is 0. The molecular weight excluding hydrogens is 424 g/mol. The van der Waals surface area contributed by atoms with Crippen LogP contribution in [0, 0.1) is 39.2 Å². The minimum absolute atomic E-state index is 0.0765. The lowest BCUT2D eigenvalue weighted by molar-refractivity contribution is -0.0812. The van der Waals surface area contributed by atoms with Gasteiger partial charge in [-0.15, -0.1) is 0 Å². The lowest BCUT2D eigenvalue weighted by atomic mass is 9.64. The Morgan fingerprint density at radius 2 is 1.94 bits per heavy atom. The second-order valence-electron chi connectivity index (χ2n) is 9.25. The van der Waals surface area contributed by atoms with Crippen molar-refractivity contribution in [3.05, 3.63) is 47.0 Å². The van der Waals surface area contributed by atoms with E-state index >= 15 is 0 Å². The molecule has 31 heavy (non-hydrogen) atoms. The Balaban J connectivity index is 1.73. The molecule has 1 saturated heterocycles. The monoisotopic (exact) mass is 451 g/mol. The first-order valence-corrected chi connectivity index (χ1v) is 12.2. The largest absolute Gasteiger partial charge is 0.374 e. The maximum atomic E-state index is 14.2. The van der Waals surface area contributed by atoms with Crippen molar-refractivity contribution in [1.82, 2.24) is 4.31 Å². The highest BCUT2D eigenvalue weighted by Gasteiger charge is 2.68. The van der Waals surface area contributed by atoms with Gasteiger partial charge < -0.3 is 15.6 Å². The molecule has 3 atom stereocenters. The van der Waals surface area contributed by atoms with Crippen LogP contribution in [0.25, 0.3) is 0 Å². The number of halogens is 2. The van der Waals surface area contributed by atoms with Crippen molar-refractivity contribution in [2.45, 2.75) is 32.8 Å². The molecular formula is C22H27F2N3O3S. The summed E-state index contributed by atoms with van der Waals surface area (Å²) in [5.41, 5.74) is -0.985. The summed E-state index contributed by atoms with van der Waals surface area (Å²) in [5.74, 6) is -1.71. The normalized spacial score (nSPS) is 32.0. The smallest absolute Gasteiger partial charge is 0.211 e. The third-order valence-corrected chi connectivity index (χ3v) is 8.81. The van der Waals surface area contributed by atoms with Crippen LogP contribution in [0.4, 0.5) is 8.78 Å². The number of morpholine rings is 1. The quantitative estimate of drug-likeness (QED) is 0.687. The first-order valence-electron chi connectivity index (χ1n) is 10.3. The van der Waals surface area contributed by atoms with Gasteiger partial charge in [-0.2, -0.15) is 4.31 Å². The van der Waals surface area contributed by atoms with Crippen LogP contribution in [0.15, 0.2) is 29.8 Å².